The molecule has 35 heavy (non-hydrogen) atoms. The fraction of sp³-hybridized carbons (Fsp3) is 0.375. The Bertz CT molecular complexity index is 1250. The van der Waals surface area contributed by atoms with Crippen molar-refractivity contribution in [2.45, 2.75) is 57.8 Å². The van der Waals surface area contributed by atoms with E-state index >= 15 is 0 Å². The van der Waals surface area contributed by atoms with Gasteiger partial charge in [0.25, 0.3) is 5.91 Å². The van der Waals surface area contributed by atoms with Gasteiger partial charge in [0.1, 0.15) is 23.8 Å². The van der Waals surface area contributed by atoms with Crippen molar-refractivity contribution in [2.75, 3.05) is 0 Å². The number of amides is 2. The quantitative estimate of drug-likeness (QED) is 0.388. The number of aromatic nitrogens is 4. The molecule has 4 heterocycles. The third-order valence-electron chi connectivity index (χ3n) is 5.99. The summed E-state index contributed by atoms with van der Waals surface area (Å²) in [7, 11) is 0. The highest BCUT2D eigenvalue weighted by Crippen LogP contribution is 2.27. The first-order chi connectivity index (χ1) is 17.1. The summed E-state index contributed by atoms with van der Waals surface area (Å²) < 4.78 is 16.6. The van der Waals surface area contributed by atoms with Crippen molar-refractivity contribution in [1.82, 2.24) is 30.4 Å². The number of carbonyl (C=O) groups excluding carboxylic acids is 2. The number of carbonyl (C=O) groups is 2. The van der Waals surface area contributed by atoms with E-state index in [1.165, 1.54) is 22.2 Å². The molecule has 1 aliphatic rings. The van der Waals surface area contributed by atoms with E-state index in [2.05, 4.69) is 20.7 Å². The molecule has 0 aromatic carbocycles. The summed E-state index contributed by atoms with van der Waals surface area (Å²) >= 11 is 0. The van der Waals surface area contributed by atoms with Crippen LogP contribution >= 0.6 is 0 Å². The van der Waals surface area contributed by atoms with Crippen LogP contribution in [0.5, 0.6) is 0 Å². The number of hydrogen-bond donors (Lipinski definition) is 1. The number of aryl methyl sites for hydroxylation is 1. The van der Waals surface area contributed by atoms with Crippen molar-refractivity contribution in [2.24, 2.45) is 0 Å². The monoisotopic (exact) mass is 478 g/mol. The Morgan fingerprint density at radius 3 is 2.63 bits per heavy atom. The van der Waals surface area contributed by atoms with Gasteiger partial charge in [-0.1, -0.05) is 12.8 Å². The van der Waals surface area contributed by atoms with E-state index in [4.69, 9.17) is 13.3 Å². The van der Waals surface area contributed by atoms with Gasteiger partial charge in [-0.25, -0.2) is 0 Å². The third kappa shape index (κ3) is 5.18. The summed E-state index contributed by atoms with van der Waals surface area (Å²) in [5.74, 6) is 1.63. The van der Waals surface area contributed by atoms with Gasteiger partial charge in [-0.2, -0.15) is 4.80 Å². The summed E-state index contributed by atoms with van der Waals surface area (Å²) in [5.41, 5.74) is 0. The first-order valence-corrected chi connectivity index (χ1v) is 11.6. The van der Waals surface area contributed by atoms with E-state index in [0.717, 1.165) is 25.7 Å². The van der Waals surface area contributed by atoms with Gasteiger partial charge in [0.05, 0.1) is 19.1 Å². The number of nitrogens with zero attached hydrogens (tertiary/aromatic N) is 5. The molecule has 11 heteroatoms. The van der Waals surface area contributed by atoms with Crippen LogP contribution in [0.2, 0.25) is 0 Å². The van der Waals surface area contributed by atoms with Crippen LogP contribution in [0.15, 0.2) is 62.2 Å². The van der Waals surface area contributed by atoms with Gasteiger partial charge < -0.3 is 23.5 Å². The molecule has 1 atom stereocenters. The van der Waals surface area contributed by atoms with Crippen molar-refractivity contribution in [1.29, 1.82) is 0 Å². The molecule has 5 rings (SSSR count). The maximum atomic E-state index is 13.6. The molecule has 0 spiro atoms. The molecule has 1 N–H and O–H groups in total. The SMILES string of the molecule is Cc1ccc(-c2nnn(CC(=O)N(Cc3ccco3)[C@@H](C(=O)NC3CCCC3)c3ccco3)n2)o1. The van der Waals surface area contributed by atoms with Gasteiger partial charge in [0, 0.05) is 6.04 Å². The second-order valence-corrected chi connectivity index (χ2v) is 8.56. The minimum absolute atomic E-state index is 0.0637. The van der Waals surface area contributed by atoms with Crippen molar-refractivity contribution in [3.8, 4) is 11.6 Å². The standard InChI is InChI=1S/C24H26N6O5/c1-16-10-11-20(35-16)23-26-28-30(27-23)15-21(31)29(14-18-8-4-12-33-18)22(19-9-5-13-34-19)24(32)25-17-6-2-3-7-17/h4-5,8-13,17,22H,2-3,6-7,14-15H2,1H3,(H,25,32)/t22-/m1/s1. The largest absolute Gasteiger partial charge is 0.467 e. The minimum atomic E-state index is -0.987. The Kier molecular flexibility index (Phi) is 6.47. The average molecular weight is 479 g/mol. The number of tetrazole rings is 1. The summed E-state index contributed by atoms with van der Waals surface area (Å²) in [4.78, 5) is 29.6. The van der Waals surface area contributed by atoms with E-state index in [1.807, 2.05) is 6.92 Å². The number of furan rings is 3. The normalized spacial score (nSPS) is 14.8. The lowest BCUT2D eigenvalue weighted by molar-refractivity contribution is -0.143. The van der Waals surface area contributed by atoms with Crippen molar-refractivity contribution in [3.05, 3.63) is 66.2 Å². The highest BCUT2D eigenvalue weighted by molar-refractivity contribution is 5.88. The van der Waals surface area contributed by atoms with Gasteiger partial charge in [-0.15, -0.1) is 10.2 Å². The van der Waals surface area contributed by atoms with Crippen LogP contribution in [0.4, 0.5) is 0 Å². The molecule has 1 aliphatic carbocycles. The molecule has 11 nitrogen and oxygen atoms in total. The lowest BCUT2D eigenvalue weighted by Gasteiger charge is -2.30. The van der Waals surface area contributed by atoms with Crippen molar-refractivity contribution in [3.63, 3.8) is 0 Å². The maximum Gasteiger partial charge on any atom is 0.250 e. The summed E-state index contributed by atoms with van der Waals surface area (Å²) in [6, 6.07) is 9.49. The Balaban J connectivity index is 1.41. The van der Waals surface area contributed by atoms with Crippen LogP contribution in [0.1, 0.15) is 49.0 Å². The zero-order valence-corrected chi connectivity index (χ0v) is 19.3. The zero-order chi connectivity index (χ0) is 24.2. The second kappa shape index (κ2) is 10.00. The van der Waals surface area contributed by atoms with Gasteiger partial charge >= 0.3 is 0 Å². The van der Waals surface area contributed by atoms with Crippen LogP contribution in [0.25, 0.3) is 11.6 Å². The molecular weight excluding hydrogens is 452 g/mol. The lowest BCUT2D eigenvalue weighted by atomic mass is 10.1. The molecule has 182 valence electrons. The molecule has 0 unspecified atom stereocenters. The number of hydrogen-bond acceptors (Lipinski definition) is 8. The Labute approximate surface area is 201 Å². The van der Waals surface area contributed by atoms with E-state index in [-0.39, 0.29) is 30.9 Å². The third-order valence-corrected chi connectivity index (χ3v) is 5.99. The maximum absolute atomic E-state index is 13.6. The fourth-order valence-corrected chi connectivity index (χ4v) is 4.29. The van der Waals surface area contributed by atoms with Crippen LogP contribution in [0.3, 0.4) is 0 Å². The van der Waals surface area contributed by atoms with Crippen LogP contribution in [-0.2, 0) is 22.7 Å². The molecule has 4 aromatic rings. The van der Waals surface area contributed by atoms with Crippen LogP contribution in [0, 0.1) is 6.92 Å². The van der Waals surface area contributed by atoms with E-state index < -0.39 is 11.9 Å². The lowest BCUT2D eigenvalue weighted by Crippen LogP contribution is -2.46. The van der Waals surface area contributed by atoms with Gasteiger partial charge in [-0.3, -0.25) is 9.59 Å². The molecule has 0 bridgehead atoms. The van der Waals surface area contributed by atoms with E-state index in [1.54, 1.807) is 36.4 Å². The molecule has 4 aromatic heterocycles. The van der Waals surface area contributed by atoms with E-state index in [0.29, 0.717) is 23.0 Å². The zero-order valence-electron chi connectivity index (χ0n) is 19.3. The van der Waals surface area contributed by atoms with E-state index in [9.17, 15) is 9.59 Å². The molecule has 0 aliphatic heterocycles. The minimum Gasteiger partial charge on any atom is -0.467 e. The highest BCUT2D eigenvalue weighted by atomic mass is 16.3. The molecule has 1 saturated carbocycles. The summed E-state index contributed by atoms with van der Waals surface area (Å²) in [5, 5.41) is 15.3. The first-order valence-electron chi connectivity index (χ1n) is 11.6. The topological polar surface area (TPSA) is 132 Å². The van der Waals surface area contributed by atoms with Gasteiger partial charge in [-0.05, 0) is 61.4 Å². The number of nitrogens with one attached hydrogen (secondary N) is 1. The molecular formula is C24H26N6O5. The average Bonchev–Trinajstić information content (AvgIpc) is 3.65. The Morgan fingerprint density at radius 1 is 1.14 bits per heavy atom. The first kappa shape index (κ1) is 22.6. The smallest absolute Gasteiger partial charge is 0.250 e. The van der Waals surface area contributed by atoms with Crippen LogP contribution in [-0.4, -0.2) is 43.0 Å². The molecule has 0 saturated heterocycles. The Morgan fingerprint density at radius 2 is 1.94 bits per heavy atom. The Hall–Kier alpha value is -4.15. The molecule has 2 amide bonds. The van der Waals surface area contributed by atoms with Crippen molar-refractivity contribution < 1.29 is 22.8 Å². The highest BCUT2D eigenvalue weighted by Gasteiger charge is 2.36. The predicted molar refractivity (Wildman–Crippen MR) is 121 cm³/mol. The summed E-state index contributed by atoms with van der Waals surface area (Å²) in [6.07, 6.45) is 6.98. The van der Waals surface area contributed by atoms with Crippen molar-refractivity contribution >= 4 is 11.8 Å². The molecule has 0 radical (unpaired) electrons. The fourth-order valence-electron chi connectivity index (χ4n) is 4.29. The second-order valence-electron chi connectivity index (χ2n) is 8.56. The summed E-state index contributed by atoms with van der Waals surface area (Å²) in [6.45, 7) is 1.64. The molecule has 1 fully saturated rings. The van der Waals surface area contributed by atoms with Crippen LogP contribution < -0.4 is 5.32 Å². The number of rotatable bonds is 9. The van der Waals surface area contributed by atoms with Gasteiger partial charge in [0.15, 0.2) is 11.8 Å². The predicted octanol–water partition coefficient (Wildman–Crippen LogP) is 3.26. The van der Waals surface area contributed by atoms with Gasteiger partial charge in [0.2, 0.25) is 11.7 Å².